The molecule has 1 unspecified atom stereocenters. The summed E-state index contributed by atoms with van der Waals surface area (Å²) in [6.07, 6.45) is 0. The first-order valence-electron chi connectivity index (χ1n) is 5.05. The Kier molecular flexibility index (Phi) is 2.80. The molecule has 2 rings (SSSR count). The Bertz CT molecular complexity index is 396. The van der Waals surface area contributed by atoms with Gasteiger partial charge in [-0.25, -0.2) is 10.2 Å². The van der Waals surface area contributed by atoms with E-state index in [-0.39, 0.29) is 12.1 Å². The number of ether oxygens (including phenoxy) is 1. The summed E-state index contributed by atoms with van der Waals surface area (Å²) in [6.45, 7) is 2.60. The fourth-order valence-corrected chi connectivity index (χ4v) is 1.56. The van der Waals surface area contributed by atoms with Crippen molar-refractivity contribution in [2.45, 2.75) is 13.0 Å². The predicted molar refractivity (Wildman–Crippen MR) is 59.3 cm³/mol. The van der Waals surface area contributed by atoms with E-state index >= 15 is 0 Å². The second kappa shape index (κ2) is 4.26. The number of hydrogen-bond acceptors (Lipinski definition) is 4. The van der Waals surface area contributed by atoms with Crippen molar-refractivity contribution in [3.05, 3.63) is 18.2 Å². The number of anilines is 1. The molecule has 1 aromatic heterocycles. The van der Waals surface area contributed by atoms with Crippen LogP contribution in [0, 0.1) is 0 Å². The maximum Gasteiger partial charge on any atom is 0.333 e. The minimum Gasteiger partial charge on any atom is -0.481 e. The number of carbonyl (C=O) groups is 1. The molecule has 2 amide bonds. The molecule has 0 radical (unpaired) electrons. The molecule has 86 valence electrons. The van der Waals surface area contributed by atoms with Gasteiger partial charge in [-0.2, -0.15) is 4.98 Å². The maximum atomic E-state index is 11.3. The number of hydrazine groups is 1. The zero-order valence-electron chi connectivity index (χ0n) is 9.23. The molecule has 1 atom stereocenters. The molecular weight excluding hydrogens is 208 g/mol. The molecule has 1 saturated heterocycles. The van der Waals surface area contributed by atoms with E-state index in [0.29, 0.717) is 18.2 Å². The summed E-state index contributed by atoms with van der Waals surface area (Å²) in [5.74, 6) is 1.19. The topological polar surface area (TPSA) is 66.5 Å². The molecule has 2 N–H and O–H groups in total. The van der Waals surface area contributed by atoms with Crippen molar-refractivity contribution in [3.63, 3.8) is 0 Å². The third-order valence-electron chi connectivity index (χ3n) is 2.26. The molecule has 0 saturated carbocycles. The van der Waals surface area contributed by atoms with E-state index in [4.69, 9.17) is 4.74 Å². The summed E-state index contributed by atoms with van der Waals surface area (Å²) in [7, 11) is 1.56. The van der Waals surface area contributed by atoms with Gasteiger partial charge in [0.2, 0.25) is 5.88 Å². The van der Waals surface area contributed by atoms with Crippen LogP contribution in [0.2, 0.25) is 0 Å². The van der Waals surface area contributed by atoms with E-state index in [1.807, 2.05) is 19.1 Å². The van der Waals surface area contributed by atoms with Crippen LogP contribution in [0.1, 0.15) is 6.92 Å². The average Bonchev–Trinajstić information content (AvgIpc) is 2.28. The fourth-order valence-electron chi connectivity index (χ4n) is 1.56. The minimum absolute atomic E-state index is 0.0850. The molecule has 0 bridgehead atoms. The van der Waals surface area contributed by atoms with E-state index in [1.54, 1.807) is 18.2 Å². The number of pyridine rings is 1. The van der Waals surface area contributed by atoms with E-state index in [1.165, 1.54) is 0 Å². The fraction of sp³-hybridized carbons (Fsp3) is 0.400. The van der Waals surface area contributed by atoms with Gasteiger partial charge in [-0.3, -0.25) is 5.01 Å². The SMILES string of the molecule is COc1cccc(N2CC(C)NC(=O)N2)n1. The van der Waals surface area contributed by atoms with Gasteiger partial charge < -0.3 is 10.1 Å². The highest BCUT2D eigenvalue weighted by Gasteiger charge is 2.21. The summed E-state index contributed by atoms with van der Waals surface area (Å²) >= 11 is 0. The molecule has 1 fully saturated rings. The largest absolute Gasteiger partial charge is 0.481 e. The van der Waals surface area contributed by atoms with Crippen LogP contribution < -0.4 is 20.5 Å². The Morgan fingerprint density at radius 3 is 3.06 bits per heavy atom. The van der Waals surface area contributed by atoms with Crippen molar-refractivity contribution in [3.8, 4) is 5.88 Å². The Morgan fingerprint density at radius 1 is 1.56 bits per heavy atom. The molecule has 1 aliphatic rings. The number of hydrogen-bond donors (Lipinski definition) is 2. The van der Waals surface area contributed by atoms with Crippen LogP contribution in [-0.2, 0) is 0 Å². The van der Waals surface area contributed by atoms with Crippen LogP contribution in [-0.4, -0.2) is 30.7 Å². The minimum atomic E-state index is -0.219. The molecule has 0 aromatic carbocycles. The van der Waals surface area contributed by atoms with Crippen molar-refractivity contribution in [1.29, 1.82) is 0 Å². The highest BCUT2D eigenvalue weighted by Crippen LogP contribution is 2.15. The van der Waals surface area contributed by atoms with Gasteiger partial charge in [0.15, 0.2) is 5.82 Å². The van der Waals surface area contributed by atoms with Gasteiger partial charge in [-0.15, -0.1) is 0 Å². The summed E-state index contributed by atoms with van der Waals surface area (Å²) in [5.41, 5.74) is 2.68. The lowest BCUT2D eigenvalue weighted by Crippen LogP contribution is -2.60. The van der Waals surface area contributed by atoms with E-state index < -0.39 is 0 Å². The van der Waals surface area contributed by atoms with E-state index in [9.17, 15) is 4.79 Å². The van der Waals surface area contributed by atoms with Crippen molar-refractivity contribution < 1.29 is 9.53 Å². The molecule has 1 aliphatic heterocycles. The second-order valence-corrected chi connectivity index (χ2v) is 3.64. The molecule has 1 aromatic rings. The first-order valence-corrected chi connectivity index (χ1v) is 5.05. The molecular formula is C10H14N4O2. The normalized spacial score (nSPS) is 20.0. The van der Waals surface area contributed by atoms with Crippen LogP contribution >= 0.6 is 0 Å². The van der Waals surface area contributed by atoms with Crippen LogP contribution in [0.4, 0.5) is 10.6 Å². The van der Waals surface area contributed by atoms with Gasteiger partial charge in [0.25, 0.3) is 0 Å². The summed E-state index contributed by atoms with van der Waals surface area (Å²) in [4.78, 5) is 15.5. The summed E-state index contributed by atoms with van der Waals surface area (Å²) in [6, 6.07) is 5.28. The Balaban J connectivity index is 2.19. The zero-order chi connectivity index (χ0) is 11.5. The van der Waals surface area contributed by atoms with Crippen molar-refractivity contribution in [1.82, 2.24) is 15.7 Å². The highest BCUT2D eigenvalue weighted by atomic mass is 16.5. The first-order chi connectivity index (χ1) is 7.69. The van der Waals surface area contributed by atoms with Gasteiger partial charge in [0, 0.05) is 12.1 Å². The van der Waals surface area contributed by atoms with Crippen molar-refractivity contribution in [2.24, 2.45) is 0 Å². The predicted octanol–water partition coefficient (Wildman–Crippen LogP) is 0.513. The Labute approximate surface area is 93.6 Å². The molecule has 2 heterocycles. The Morgan fingerprint density at radius 2 is 2.38 bits per heavy atom. The van der Waals surface area contributed by atoms with Crippen molar-refractivity contribution in [2.75, 3.05) is 18.7 Å². The monoisotopic (exact) mass is 222 g/mol. The summed E-state index contributed by atoms with van der Waals surface area (Å²) < 4.78 is 5.03. The van der Waals surface area contributed by atoms with Crippen LogP contribution in [0.25, 0.3) is 0 Å². The third-order valence-corrected chi connectivity index (χ3v) is 2.26. The van der Waals surface area contributed by atoms with Gasteiger partial charge in [-0.05, 0) is 13.0 Å². The van der Waals surface area contributed by atoms with Crippen LogP contribution in [0.3, 0.4) is 0 Å². The number of amides is 2. The smallest absolute Gasteiger partial charge is 0.333 e. The summed E-state index contributed by atoms with van der Waals surface area (Å²) in [5, 5.41) is 4.46. The highest BCUT2D eigenvalue weighted by molar-refractivity contribution is 5.77. The number of urea groups is 1. The van der Waals surface area contributed by atoms with Crippen molar-refractivity contribution >= 4 is 11.8 Å². The van der Waals surface area contributed by atoms with Gasteiger partial charge in [-0.1, -0.05) is 6.07 Å². The number of nitrogens with zero attached hydrogens (tertiary/aromatic N) is 2. The molecule has 6 nitrogen and oxygen atoms in total. The number of nitrogens with one attached hydrogen (secondary N) is 2. The Hall–Kier alpha value is -1.98. The number of aromatic nitrogens is 1. The maximum absolute atomic E-state index is 11.3. The lowest BCUT2D eigenvalue weighted by atomic mass is 10.3. The van der Waals surface area contributed by atoms with Crippen LogP contribution in [0.15, 0.2) is 18.2 Å². The van der Waals surface area contributed by atoms with Gasteiger partial charge in [0.1, 0.15) is 0 Å². The quantitative estimate of drug-likeness (QED) is 0.765. The first kappa shape index (κ1) is 10.5. The van der Waals surface area contributed by atoms with Gasteiger partial charge >= 0.3 is 6.03 Å². The molecule has 0 aliphatic carbocycles. The molecule has 16 heavy (non-hydrogen) atoms. The standard InChI is InChI=1S/C10H14N4O2/c1-7-6-14(13-10(15)11-7)8-4-3-5-9(12-8)16-2/h3-5,7H,6H2,1-2H3,(H2,11,13,15). The number of rotatable bonds is 2. The average molecular weight is 222 g/mol. The third kappa shape index (κ3) is 2.16. The molecule has 6 heteroatoms. The van der Waals surface area contributed by atoms with Crippen LogP contribution in [0.5, 0.6) is 5.88 Å². The van der Waals surface area contributed by atoms with E-state index in [2.05, 4.69) is 15.7 Å². The number of methoxy groups -OCH3 is 1. The van der Waals surface area contributed by atoms with Gasteiger partial charge in [0.05, 0.1) is 13.7 Å². The number of carbonyl (C=O) groups excluding carboxylic acids is 1. The lowest BCUT2D eigenvalue weighted by molar-refractivity contribution is 0.230. The van der Waals surface area contributed by atoms with E-state index in [0.717, 1.165) is 0 Å². The zero-order valence-corrected chi connectivity index (χ0v) is 9.23. The second-order valence-electron chi connectivity index (χ2n) is 3.64. The molecule has 0 spiro atoms. The lowest BCUT2D eigenvalue weighted by Gasteiger charge is -2.32.